The van der Waals surface area contributed by atoms with E-state index in [1.165, 1.54) is 0 Å². The number of nitrogens with two attached hydrogens (primary N) is 1. The van der Waals surface area contributed by atoms with E-state index in [-0.39, 0.29) is 18.6 Å². The maximum Gasteiger partial charge on any atom is 0.315 e. The molecule has 0 fully saturated rings. The van der Waals surface area contributed by atoms with E-state index in [9.17, 15) is 9.18 Å². The Morgan fingerprint density at radius 2 is 2.35 bits per heavy atom. The SMILES string of the molecule is Nc1cccc2c1CCC2NC(=O)NCCF. The van der Waals surface area contributed by atoms with Gasteiger partial charge in [-0.3, -0.25) is 0 Å². The second-order valence-corrected chi connectivity index (χ2v) is 4.10. The van der Waals surface area contributed by atoms with Crippen molar-refractivity contribution in [3.8, 4) is 0 Å². The van der Waals surface area contributed by atoms with Crippen LogP contribution in [0.15, 0.2) is 18.2 Å². The number of nitrogen functional groups attached to an aromatic ring is 1. The smallest absolute Gasteiger partial charge is 0.315 e. The van der Waals surface area contributed by atoms with Crippen LogP contribution in [0.2, 0.25) is 0 Å². The van der Waals surface area contributed by atoms with Crippen molar-refractivity contribution in [2.45, 2.75) is 18.9 Å². The summed E-state index contributed by atoms with van der Waals surface area (Å²) in [5.74, 6) is 0. The van der Waals surface area contributed by atoms with Gasteiger partial charge in [-0.25, -0.2) is 9.18 Å². The molecule has 2 rings (SSSR count). The Morgan fingerprint density at radius 1 is 1.53 bits per heavy atom. The average Bonchev–Trinajstić information content (AvgIpc) is 2.71. The van der Waals surface area contributed by atoms with E-state index in [1.807, 2.05) is 18.2 Å². The summed E-state index contributed by atoms with van der Waals surface area (Å²) < 4.78 is 11.9. The average molecular weight is 237 g/mol. The Kier molecular flexibility index (Phi) is 3.46. The van der Waals surface area contributed by atoms with Crippen molar-refractivity contribution in [1.29, 1.82) is 0 Å². The second-order valence-electron chi connectivity index (χ2n) is 4.10. The van der Waals surface area contributed by atoms with E-state index in [0.717, 1.165) is 29.7 Å². The van der Waals surface area contributed by atoms with Crippen LogP contribution >= 0.6 is 0 Å². The van der Waals surface area contributed by atoms with Crippen molar-refractivity contribution < 1.29 is 9.18 Å². The van der Waals surface area contributed by atoms with Crippen LogP contribution in [0, 0.1) is 0 Å². The van der Waals surface area contributed by atoms with Crippen molar-refractivity contribution in [3.05, 3.63) is 29.3 Å². The number of fused-ring (bicyclic) bond motifs is 1. The summed E-state index contributed by atoms with van der Waals surface area (Å²) in [5.41, 5.74) is 8.83. The highest BCUT2D eigenvalue weighted by Gasteiger charge is 2.24. The molecule has 2 amide bonds. The van der Waals surface area contributed by atoms with Crippen molar-refractivity contribution in [2.24, 2.45) is 0 Å². The first kappa shape index (κ1) is 11.7. The summed E-state index contributed by atoms with van der Waals surface area (Å²) in [6, 6.07) is 5.37. The van der Waals surface area contributed by atoms with Gasteiger partial charge in [0.25, 0.3) is 0 Å². The molecule has 92 valence electrons. The number of halogens is 1. The molecule has 1 aromatic rings. The first-order valence-electron chi connectivity index (χ1n) is 5.70. The Labute approximate surface area is 99.4 Å². The molecule has 0 saturated carbocycles. The largest absolute Gasteiger partial charge is 0.398 e. The molecule has 1 atom stereocenters. The van der Waals surface area contributed by atoms with Gasteiger partial charge in [-0.05, 0) is 30.0 Å². The normalized spacial score (nSPS) is 17.6. The Balaban J connectivity index is 2.02. The van der Waals surface area contributed by atoms with Gasteiger partial charge in [0.2, 0.25) is 0 Å². The predicted octanol–water partition coefficient (Wildman–Crippen LogP) is 1.52. The fourth-order valence-corrected chi connectivity index (χ4v) is 2.20. The molecular formula is C12H16FN3O. The maximum absolute atomic E-state index is 11.9. The zero-order valence-electron chi connectivity index (χ0n) is 9.50. The van der Waals surface area contributed by atoms with Crippen molar-refractivity contribution >= 4 is 11.7 Å². The number of amides is 2. The van der Waals surface area contributed by atoms with Gasteiger partial charge in [0, 0.05) is 12.2 Å². The Morgan fingerprint density at radius 3 is 3.12 bits per heavy atom. The molecule has 0 aliphatic heterocycles. The third-order valence-electron chi connectivity index (χ3n) is 2.99. The molecule has 17 heavy (non-hydrogen) atoms. The van der Waals surface area contributed by atoms with E-state index in [1.54, 1.807) is 0 Å². The summed E-state index contributed by atoms with van der Waals surface area (Å²) in [6.45, 7) is -0.510. The van der Waals surface area contributed by atoms with Crippen LogP contribution in [-0.2, 0) is 6.42 Å². The number of nitrogens with one attached hydrogen (secondary N) is 2. The van der Waals surface area contributed by atoms with Gasteiger partial charge in [-0.2, -0.15) is 0 Å². The third-order valence-corrected chi connectivity index (χ3v) is 2.99. The maximum atomic E-state index is 11.9. The monoisotopic (exact) mass is 237 g/mol. The van der Waals surface area contributed by atoms with Crippen LogP contribution in [0.1, 0.15) is 23.6 Å². The number of alkyl halides is 1. The molecule has 1 aromatic carbocycles. The van der Waals surface area contributed by atoms with E-state index in [4.69, 9.17) is 5.73 Å². The number of rotatable bonds is 3. The number of carbonyl (C=O) groups is 1. The van der Waals surface area contributed by atoms with Crippen LogP contribution < -0.4 is 16.4 Å². The van der Waals surface area contributed by atoms with Crippen LogP contribution in [0.5, 0.6) is 0 Å². The van der Waals surface area contributed by atoms with Gasteiger partial charge in [0.1, 0.15) is 6.67 Å². The second kappa shape index (κ2) is 5.03. The van der Waals surface area contributed by atoms with Gasteiger partial charge in [-0.1, -0.05) is 12.1 Å². The molecule has 4 nitrogen and oxygen atoms in total. The van der Waals surface area contributed by atoms with Crippen molar-refractivity contribution in [2.75, 3.05) is 19.0 Å². The van der Waals surface area contributed by atoms with Gasteiger partial charge >= 0.3 is 6.03 Å². The molecule has 0 aromatic heterocycles. The molecule has 1 aliphatic rings. The van der Waals surface area contributed by atoms with Gasteiger partial charge in [-0.15, -0.1) is 0 Å². The molecule has 4 N–H and O–H groups in total. The number of benzene rings is 1. The van der Waals surface area contributed by atoms with Crippen molar-refractivity contribution in [3.63, 3.8) is 0 Å². The third kappa shape index (κ3) is 2.49. The van der Waals surface area contributed by atoms with Gasteiger partial charge in [0.05, 0.1) is 6.04 Å². The fraction of sp³-hybridized carbons (Fsp3) is 0.417. The zero-order valence-corrected chi connectivity index (χ0v) is 9.50. The first-order chi connectivity index (χ1) is 8.22. The van der Waals surface area contributed by atoms with Gasteiger partial charge < -0.3 is 16.4 Å². The zero-order chi connectivity index (χ0) is 12.3. The number of anilines is 1. The summed E-state index contributed by atoms with van der Waals surface area (Å²) in [5, 5.41) is 5.27. The summed E-state index contributed by atoms with van der Waals surface area (Å²) in [6.07, 6.45) is 1.71. The number of carbonyl (C=O) groups excluding carboxylic acids is 1. The van der Waals surface area contributed by atoms with E-state index >= 15 is 0 Å². The minimum atomic E-state index is -0.554. The molecular weight excluding hydrogens is 221 g/mol. The minimum Gasteiger partial charge on any atom is -0.398 e. The van der Waals surface area contributed by atoms with Crippen LogP contribution in [0.3, 0.4) is 0 Å². The fourth-order valence-electron chi connectivity index (χ4n) is 2.20. The number of hydrogen-bond acceptors (Lipinski definition) is 2. The first-order valence-corrected chi connectivity index (χ1v) is 5.70. The molecule has 0 bridgehead atoms. The highest BCUT2D eigenvalue weighted by molar-refractivity contribution is 5.75. The lowest BCUT2D eigenvalue weighted by atomic mass is 10.1. The molecule has 0 heterocycles. The number of urea groups is 1. The molecule has 0 spiro atoms. The topological polar surface area (TPSA) is 67.1 Å². The van der Waals surface area contributed by atoms with E-state index in [0.29, 0.717) is 0 Å². The summed E-state index contributed by atoms with van der Waals surface area (Å²) in [7, 11) is 0. The summed E-state index contributed by atoms with van der Waals surface area (Å²) >= 11 is 0. The van der Waals surface area contributed by atoms with Crippen molar-refractivity contribution in [1.82, 2.24) is 10.6 Å². The molecule has 0 saturated heterocycles. The molecule has 1 unspecified atom stereocenters. The van der Waals surface area contributed by atoms with E-state index in [2.05, 4.69) is 10.6 Å². The Bertz CT molecular complexity index is 422. The highest BCUT2D eigenvalue weighted by Crippen LogP contribution is 2.34. The lowest BCUT2D eigenvalue weighted by Gasteiger charge is -2.14. The molecule has 0 radical (unpaired) electrons. The number of hydrogen-bond donors (Lipinski definition) is 3. The summed E-state index contributed by atoms with van der Waals surface area (Å²) in [4.78, 5) is 11.4. The predicted molar refractivity (Wildman–Crippen MR) is 64.4 cm³/mol. The molecule has 5 heteroatoms. The van der Waals surface area contributed by atoms with Crippen LogP contribution in [0.25, 0.3) is 0 Å². The quantitative estimate of drug-likeness (QED) is 0.698. The van der Waals surface area contributed by atoms with E-state index < -0.39 is 6.67 Å². The molecule has 1 aliphatic carbocycles. The minimum absolute atomic E-state index is 0.0203. The standard InChI is InChI=1S/C12H16FN3O/c13-6-7-15-12(17)16-11-5-4-8-9(11)2-1-3-10(8)14/h1-3,11H,4-7,14H2,(H2,15,16,17). The Hall–Kier alpha value is -1.78. The van der Waals surface area contributed by atoms with Crippen LogP contribution in [-0.4, -0.2) is 19.3 Å². The lowest BCUT2D eigenvalue weighted by Crippen LogP contribution is -2.38. The lowest BCUT2D eigenvalue weighted by molar-refractivity contribution is 0.236. The highest BCUT2D eigenvalue weighted by atomic mass is 19.1. The van der Waals surface area contributed by atoms with Gasteiger partial charge in [0.15, 0.2) is 0 Å². The van der Waals surface area contributed by atoms with Crippen LogP contribution in [0.4, 0.5) is 14.9 Å².